The first-order valence-electron chi connectivity index (χ1n) is 5.79. The molecule has 0 aliphatic heterocycles. The zero-order valence-electron chi connectivity index (χ0n) is 9.74. The molecule has 0 bridgehead atoms. The Balaban J connectivity index is 3.28. The fraction of sp³-hybridized carbons (Fsp3) is 1.00. The van der Waals surface area contributed by atoms with E-state index in [1.54, 1.807) is 7.11 Å². The third kappa shape index (κ3) is 10.1. The van der Waals surface area contributed by atoms with Crippen LogP contribution in [-0.2, 0) is 4.74 Å². The minimum atomic E-state index is 0.200. The van der Waals surface area contributed by atoms with Crippen molar-refractivity contribution in [3.8, 4) is 0 Å². The van der Waals surface area contributed by atoms with Crippen LogP contribution in [0.5, 0.6) is 0 Å². The summed E-state index contributed by atoms with van der Waals surface area (Å²) in [5.74, 6) is 0. The van der Waals surface area contributed by atoms with E-state index < -0.39 is 0 Å². The van der Waals surface area contributed by atoms with Crippen LogP contribution >= 0.6 is 0 Å². The predicted octanol–water partition coefficient (Wildman–Crippen LogP) is 0.526. The quantitative estimate of drug-likeness (QED) is 0.444. The molecule has 15 heavy (non-hydrogen) atoms. The highest BCUT2D eigenvalue weighted by Crippen LogP contribution is 1.99. The zero-order chi connectivity index (χ0) is 11.4. The molecule has 1 unspecified atom stereocenters. The van der Waals surface area contributed by atoms with E-state index in [2.05, 4.69) is 5.32 Å². The number of ether oxygens (including phenoxy) is 1. The molecule has 0 aliphatic rings. The van der Waals surface area contributed by atoms with Gasteiger partial charge in [0.2, 0.25) is 0 Å². The van der Waals surface area contributed by atoms with E-state index in [1.165, 1.54) is 0 Å². The van der Waals surface area contributed by atoms with Crippen LogP contribution in [0.1, 0.15) is 32.1 Å². The second-order valence-electron chi connectivity index (χ2n) is 3.76. The first-order chi connectivity index (χ1) is 7.35. The molecule has 0 aliphatic carbocycles. The van der Waals surface area contributed by atoms with Gasteiger partial charge in [-0.05, 0) is 25.8 Å². The van der Waals surface area contributed by atoms with Crippen molar-refractivity contribution in [2.75, 3.05) is 33.5 Å². The van der Waals surface area contributed by atoms with Crippen LogP contribution in [0.25, 0.3) is 0 Å². The summed E-state index contributed by atoms with van der Waals surface area (Å²) in [7, 11) is 1.67. The van der Waals surface area contributed by atoms with Gasteiger partial charge in [-0.25, -0.2) is 0 Å². The minimum absolute atomic E-state index is 0.200. The van der Waals surface area contributed by atoms with E-state index in [0.29, 0.717) is 13.2 Å². The molecular weight excluding hydrogens is 194 g/mol. The van der Waals surface area contributed by atoms with Crippen LogP contribution in [0.3, 0.4) is 0 Å². The van der Waals surface area contributed by atoms with E-state index in [-0.39, 0.29) is 12.6 Å². The molecule has 0 aromatic rings. The molecule has 0 saturated carbocycles. The lowest BCUT2D eigenvalue weighted by atomic mass is 10.2. The highest BCUT2D eigenvalue weighted by atomic mass is 16.5. The molecule has 0 saturated heterocycles. The molecule has 0 radical (unpaired) electrons. The van der Waals surface area contributed by atoms with Gasteiger partial charge >= 0.3 is 0 Å². The molecule has 4 heteroatoms. The van der Waals surface area contributed by atoms with E-state index in [4.69, 9.17) is 14.9 Å². The number of unbranched alkanes of at least 4 members (excludes halogenated alkanes) is 3. The third-order valence-electron chi connectivity index (χ3n) is 2.36. The SMILES string of the molecule is COCC(CCO)NCCCCCCO. The molecule has 0 rings (SSSR count). The Labute approximate surface area is 92.6 Å². The lowest BCUT2D eigenvalue weighted by Crippen LogP contribution is -2.34. The lowest BCUT2D eigenvalue weighted by Gasteiger charge is -2.16. The van der Waals surface area contributed by atoms with Crippen LogP contribution < -0.4 is 5.32 Å². The van der Waals surface area contributed by atoms with Crippen LogP contribution in [0.15, 0.2) is 0 Å². The third-order valence-corrected chi connectivity index (χ3v) is 2.36. The van der Waals surface area contributed by atoms with Gasteiger partial charge in [0.05, 0.1) is 6.61 Å². The minimum Gasteiger partial charge on any atom is -0.396 e. The number of rotatable bonds is 11. The molecule has 3 N–H and O–H groups in total. The number of methoxy groups -OCH3 is 1. The topological polar surface area (TPSA) is 61.7 Å². The molecule has 0 aromatic heterocycles. The van der Waals surface area contributed by atoms with Crippen molar-refractivity contribution in [2.45, 2.75) is 38.1 Å². The summed E-state index contributed by atoms with van der Waals surface area (Å²) in [6, 6.07) is 0.262. The van der Waals surface area contributed by atoms with Gasteiger partial charge in [-0.15, -0.1) is 0 Å². The predicted molar refractivity (Wildman–Crippen MR) is 60.9 cm³/mol. The van der Waals surface area contributed by atoms with Gasteiger partial charge in [0, 0.05) is 26.4 Å². The molecule has 92 valence electrons. The molecule has 0 aromatic carbocycles. The second kappa shape index (κ2) is 11.9. The Morgan fingerprint density at radius 3 is 2.40 bits per heavy atom. The van der Waals surface area contributed by atoms with Crippen molar-refractivity contribution in [3.05, 3.63) is 0 Å². The van der Waals surface area contributed by atoms with Gasteiger partial charge in [0.15, 0.2) is 0 Å². The maximum absolute atomic E-state index is 8.81. The molecule has 0 heterocycles. The van der Waals surface area contributed by atoms with Crippen molar-refractivity contribution in [1.82, 2.24) is 5.32 Å². The monoisotopic (exact) mass is 219 g/mol. The van der Waals surface area contributed by atoms with Crippen molar-refractivity contribution in [3.63, 3.8) is 0 Å². The van der Waals surface area contributed by atoms with Crippen LogP contribution in [0, 0.1) is 0 Å². The Bertz CT molecular complexity index is 116. The largest absolute Gasteiger partial charge is 0.396 e. The highest BCUT2D eigenvalue weighted by molar-refractivity contribution is 4.65. The first kappa shape index (κ1) is 14.8. The summed E-state index contributed by atoms with van der Waals surface area (Å²) >= 11 is 0. The van der Waals surface area contributed by atoms with E-state index in [9.17, 15) is 0 Å². The van der Waals surface area contributed by atoms with Gasteiger partial charge in [-0.1, -0.05) is 12.8 Å². The maximum Gasteiger partial charge on any atom is 0.0616 e. The van der Waals surface area contributed by atoms with Crippen molar-refractivity contribution < 1.29 is 14.9 Å². The second-order valence-corrected chi connectivity index (χ2v) is 3.76. The smallest absolute Gasteiger partial charge is 0.0616 e. The van der Waals surface area contributed by atoms with Crippen molar-refractivity contribution in [1.29, 1.82) is 0 Å². The summed E-state index contributed by atoms with van der Waals surface area (Å²) in [4.78, 5) is 0. The Morgan fingerprint density at radius 2 is 1.80 bits per heavy atom. The number of hydrogen-bond donors (Lipinski definition) is 3. The van der Waals surface area contributed by atoms with E-state index in [1.807, 2.05) is 0 Å². The Morgan fingerprint density at radius 1 is 1.07 bits per heavy atom. The molecule has 0 fully saturated rings. The van der Waals surface area contributed by atoms with Crippen LogP contribution in [0.2, 0.25) is 0 Å². The average Bonchev–Trinajstić information content (AvgIpc) is 2.24. The number of aliphatic hydroxyl groups excluding tert-OH is 2. The molecule has 0 spiro atoms. The maximum atomic E-state index is 8.81. The van der Waals surface area contributed by atoms with Crippen molar-refractivity contribution >= 4 is 0 Å². The summed E-state index contributed by atoms with van der Waals surface area (Å²) in [5, 5.41) is 20.8. The fourth-order valence-corrected chi connectivity index (χ4v) is 1.50. The fourth-order valence-electron chi connectivity index (χ4n) is 1.50. The average molecular weight is 219 g/mol. The van der Waals surface area contributed by atoms with Crippen molar-refractivity contribution in [2.24, 2.45) is 0 Å². The van der Waals surface area contributed by atoms with Gasteiger partial charge in [0.1, 0.15) is 0 Å². The van der Waals surface area contributed by atoms with Crippen LogP contribution in [0.4, 0.5) is 0 Å². The van der Waals surface area contributed by atoms with Gasteiger partial charge in [0.25, 0.3) is 0 Å². The van der Waals surface area contributed by atoms with E-state index >= 15 is 0 Å². The molecule has 0 amide bonds. The standard InChI is InChI=1S/C11H25NO3/c1-15-10-11(6-9-14)12-7-4-2-3-5-8-13/h11-14H,2-10H2,1H3. The summed E-state index contributed by atoms with van der Waals surface area (Å²) in [6.45, 7) is 2.10. The lowest BCUT2D eigenvalue weighted by molar-refractivity contribution is 0.148. The highest BCUT2D eigenvalue weighted by Gasteiger charge is 2.05. The molecule has 4 nitrogen and oxygen atoms in total. The first-order valence-corrected chi connectivity index (χ1v) is 5.79. The number of hydrogen-bond acceptors (Lipinski definition) is 4. The van der Waals surface area contributed by atoms with Gasteiger partial charge < -0.3 is 20.3 Å². The summed E-state index contributed by atoms with van der Waals surface area (Å²) in [5.41, 5.74) is 0. The zero-order valence-corrected chi connectivity index (χ0v) is 9.74. The summed E-state index contributed by atoms with van der Waals surface area (Å²) in [6.07, 6.45) is 4.99. The molecular formula is C11H25NO3. The van der Waals surface area contributed by atoms with E-state index in [0.717, 1.165) is 38.6 Å². The van der Waals surface area contributed by atoms with Crippen LogP contribution in [-0.4, -0.2) is 49.7 Å². The number of aliphatic hydroxyl groups is 2. The van der Waals surface area contributed by atoms with Gasteiger partial charge in [-0.3, -0.25) is 0 Å². The summed E-state index contributed by atoms with van der Waals surface area (Å²) < 4.78 is 5.05. The number of nitrogens with one attached hydrogen (secondary N) is 1. The molecule has 1 atom stereocenters. The Kier molecular flexibility index (Phi) is 11.8. The Hall–Kier alpha value is -0.160. The van der Waals surface area contributed by atoms with Gasteiger partial charge in [-0.2, -0.15) is 0 Å². The normalized spacial score (nSPS) is 13.0.